The highest BCUT2D eigenvalue weighted by molar-refractivity contribution is 5.76. The van der Waals surface area contributed by atoms with E-state index in [0.29, 0.717) is 18.9 Å². The zero-order chi connectivity index (χ0) is 11.1. The summed E-state index contributed by atoms with van der Waals surface area (Å²) in [6, 6.07) is 0. The van der Waals surface area contributed by atoms with Crippen LogP contribution in [0.4, 0.5) is 0 Å². The molecule has 1 saturated heterocycles. The highest BCUT2D eigenvalue weighted by atomic mass is 16.5. The highest BCUT2D eigenvalue weighted by Crippen LogP contribution is 2.17. The van der Waals surface area contributed by atoms with Crippen molar-refractivity contribution in [3.8, 4) is 0 Å². The summed E-state index contributed by atoms with van der Waals surface area (Å²) >= 11 is 0. The molecule has 0 aliphatic carbocycles. The molecule has 0 aromatic carbocycles. The van der Waals surface area contributed by atoms with Gasteiger partial charge >= 0.3 is 0 Å². The van der Waals surface area contributed by atoms with Crippen LogP contribution in [0.2, 0.25) is 0 Å². The Bertz CT molecular complexity index is 197. The van der Waals surface area contributed by atoms with E-state index in [1.165, 1.54) is 0 Å². The topological polar surface area (TPSA) is 55.6 Å². The van der Waals surface area contributed by atoms with Gasteiger partial charge in [-0.05, 0) is 25.8 Å². The molecule has 1 atom stereocenters. The van der Waals surface area contributed by atoms with E-state index in [-0.39, 0.29) is 5.91 Å². The van der Waals surface area contributed by atoms with Crippen LogP contribution in [0.1, 0.15) is 25.7 Å². The van der Waals surface area contributed by atoms with E-state index in [1.807, 2.05) is 4.90 Å². The highest BCUT2D eigenvalue weighted by Gasteiger charge is 2.25. The van der Waals surface area contributed by atoms with Gasteiger partial charge in [0.1, 0.15) is 0 Å². The predicted octanol–water partition coefficient (Wildman–Crippen LogP) is 0.610. The maximum atomic E-state index is 11.7. The zero-order valence-electron chi connectivity index (χ0n) is 9.58. The minimum atomic E-state index is 0.280. The van der Waals surface area contributed by atoms with Gasteiger partial charge in [0.25, 0.3) is 0 Å². The first-order valence-electron chi connectivity index (χ1n) is 5.74. The van der Waals surface area contributed by atoms with Gasteiger partial charge in [0.15, 0.2) is 0 Å². The summed E-state index contributed by atoms with van der Waals surface area (Å²) in [6.45, 7) is 3.22. The zero-order valence-corrected chi connectivity index (χ0v) is 9.58. The fraction of sp³-hybridized carbons (Fsp3) is 0.909. The van der Waals surface area contributed by atoms with Crippen LogP contribution in [0.3, 0.4) is 0 Å². The number of hydrogen-bond donors (Lipinski definition) is 1. The van der Waals surface area contributed by atoms with Crippen LogP contribution in [-0.4, -0.2) is 44.2 Å². The van der Waals surface area contributed by atoms with Crippen molar-refractivity contribution in [2.24, 2.45) is 11.7 Å². The van der Waals surface area contributed by atoms with Gasteiger partial charge in [-0.25, -0.2) is 0 Å². The summed E-state index contributed by atoms with van der Waals surface area (Å²) in [5.41, 5.74) is 5.39. The van der Waals surface area contributed by atoms with E-state index in [2.05, 4.69) is 0 Å². The monoisotopic (exact) mass is 214 g/mol. The Morgan fingerprint density at radius 1 is 1.53 bits per heavy atom. The maximum Gasteiger partial charge on any atom is 0.222 e. The Balaban J connectivity index is 2.18. The van der Waals surface area contributed by atoms with Crippen LogP contribution in [0.25, 0.3) is 0 Å². The maximum absolute atomic E-state index is 11.7. The summed E-state index contributed by atoms with van der Waals surface area (Å²) in [4.78, 5) is 13.7. The number of likely N-dealkylation sites (tertiary alicyclic amines) is 1. The fourth-order valence-corrected chi connectivity index (χ4v) is 2.01. The Labute approximate surface area is 91.8 Å². The lowest BCUT2D eigenvalue weighted by Crippen LogP contribution is -2.29. The fourth-order valence-electron chi connectivity index (χ4n) is 2.01. The van der Waals surface area contributed by atoms with Crippen molar-refractivity contribution < 1.29 is 9.53 Å². The van der Waals surface area contributed by atoms with Crippen molar-refractivity contribution >= 4 is 5.91 Å². The number of carbonyl (C=O) groups excluding carboxylic acids is 1. The molecule has 1 unspecified atom stereocenters. The van der Waals surface area contributed by atoms with Crippen LogP contribution < -0.4 is 5.73 Å². The number of carbonyl (C=O) groups is 1. The van der Waals surface area contributed by atoms with Crippen LogP contribution in [-0.2, 0) is 9.53 Å². The van der Waals surface area contributed by atoms with E-state index in [0.717, 1.165) is 39.0 Å². The molecule has 0 aromatic rings. The summed E-state index contributed by atoms with van der Waals surface area (Å²) < 4.78 is 5.10. The molecule has 1 heterocycles. The Hall–Kier alpha value is -0.610. The molecule has 0 bridgehead atoms. The second-order valence-electron chi connectivity index (χ2n) is 4.20. The van der Waals surface area contributed by atoms with Crippen molar-refractivity contribution in [3.63, 3.8) is 0 Å². The smallest absolute Gasteiger partial charge is 0.222 e. The van der Waals surface area contributed by atoms with Crippen LogP contribution in [0.15, 0.2) is 0 Å². The average Bonchev–Trinajstić information content (AvgIpc) is 2.67. The van der Waals surface area contributed by atoms with E-state index in [4.69, 9.17) is 10.5 Å². The molecule has 0 aromatic heterocycles. The number of amides is 1. The lowest BCUT2D eigenvalue weighted by Gasteiger charge is -2.16. The van der Waals surface area contributed by atoms with Crippen molar-refractivity contribution in [2.45, 2.75) is 25.7 Å². The average molecular weight is 214 g/mol. The number of rotatable bonds is 6. The minimum Gasteiger partial charge on any atom is -0.384 e. The molecule has 0 radical (unpaired) electrons. The second-order valence-corrected chi connectivity index (χ2v) is 4.20. The van der Waals surface area contributed by atoms with Gasteiger partial charge in [-0.15, -0.1) is 0 Å². The Morgan fingerprint density at radius 2 is 2.33 bits per heavy atom. The number of nitrogens with zero attached hydrogens (tertiary/aromatic N) is 1. The number of ether oxygens (including phenoxy) is 1. The normalized spacial score (nSPS) is 20.9. The van der Waals surface area contributed by atoms with Gasteiger partial charge in [-0.3, -0.25) is 4.79 Å². The molecule has 0 saturated carbocycles. The molecule has 0 spiro atoms. The van der Waals surface area contributed by atoms with Gasteiger partial charge in [-0.2, -0.15) is 0 Å². The summed E-state index contributed by atoms with van der Waals surface area (Å²) in [5.74, 6) is 0.815. The van der Waals surface area contributed by atoms with Crippen LogP contribution >= 0.6 is 0 Å². The van der Waals surface area contributed by atoms with Crippen LogP contribution in [0, 0.1) is 5.92 Å². The van der Waals surface area contributed by atoms with Crippen molar-refractivity contribution in [3.05, 3.63) is 0 Å². The molecule has 1 aliphatic rings. The largest absolute Gasteiger partial charge is 0.384 e. The Kier molecular flexibility index (Phi) is 5.65. The van der Waals surface area contributed by atoms with Gasteiger partial charge < -0.3 is 15.4 Å². The number of methoxy groups -OCH3 is 1. The molecule has 1 amide bonds. The lowest BCUT2D eigenvalue weighted by atomic mass is 10.1. The molecule has 88 valence electrons. The molecule has 4 heteroatoms. The first-order valence-corrected chi connectivity index (χ1v) is 5.74. The molecule has 2 N–H and O–H groups in total. The summed E-state index contributed by atoms with van der Waals surface area (Å²) in [6.07, 6.45) is 3.59. The predicted molar refractivity (Wildman–Crippen MR) is 59.5 cm³/mol. The van der Waals surface area contributed by atoms with Gasteiger partial charge in [-0.1, -0.05) is 0 Å². The number of unbranched alkanes of at least 4 members (excludes halogenated alkanes) is 1. The first-order chi connectivity index (χ1) is 7.27. The van der Waals surface area contributed by atoms with E-state index in [9.17, 15) is 4.79 Å². The van der Waals surface area contributed by atoms with Crippen molar-refractivity contribution in [2.75, 3.05) is 33.4 Å². The number of nitrogens with two attached hydrogens (primary N) is 1. The molecular formula is C11H22N2O2. The summed E-state index contributed by atoms with van der Waals surface area (Å²) in [7, 11) is 1.71. The standard InChI is InChI=1S/C11H22N2O2/c1-15-9-10-5-7-13(8-10)11(14)4-2-3-6-12/h10H,2-9,12H2,1H3. The quantitative estimate of drug-likeness (QED) is 0.659. The molecular weight excluding hydrogens is 192 g/mol. The molecule has 4 nitrogen and oxygen atoms in total. The molecule has 1 fully saturated rings. The van der Waals surface area contributed by atoms with E-state index < -0.39 is 0 Å². The first kappa shape index (κ1) is 12.5. The summed E-state index contributed by atoms with van der Waals surface area (Å²) in [5, 5.41) is 0. The second kappa shape index (κ2) is 6.80. The minimum absolute atomic E-state index is 0.280. The van der Waals surface area contributed by atoms with Gasteiger partial charge in [0.05, 0.1) is 6.61 Å². The van der Waals surface area contributed by atoms with Gasteiger partial charge in [0, 0.05) is 32.5 Å². The van der Waals surface area contributed by atoms with Crippen molar-refractivity contribution in [1.29, 1.82) is 0 Å². The van der Waals surface area contributed by atoms with Crippen LogP contribution in [0.5, 0.6) is 0 Å². The van der Waals surface area contributed by atoms with Crippen molar-refractivity contribution in [1.82, 2.24) is 4.90 Å². The third-order valence-electron chi connectivity index (χ3n) is 2.89. The SMILES string of the molecule is COCC1CCN(C(=O)CCCCN)C1. The van der Waals surface area contributed by atoms with E-state index >= 15 is 0 Å². The Morgan fingerprint density at radius 3 is 3.00 bits per heavy atom. The third kappa shape index (κ3) is 4.18. The molecule has 1 rings (SSSR count). The van der Waals surface area contributed by atoms with E-state index in [1.54, 1.807) is 7.11 Å². The lowest BCUT2D eigenvalue weighted by molar-refractivity contribution is -0.130. The molecule has 1 aliphatic heterocycles. The number of hydrogen-bond acceptors (Lipinski definition) is 3. The van der Waals surface area contributed by atoms with Gasteiger partial charge in [0.2, 0.25) is 5.91 Å². The molecule has 15 heavy (non-hydrogen) atoms. The third-order valence-corrected chi connectivity index (χ3v) is 2.89.